The van der Waals surface area contributed by atoms with Crippen molar-refractivity contribution < 1.29 is 8.83 Å². The van der Waals surface area contributed by atoms with E-state index in [4.69, 9.17) is 8.83 Å². The molecule has 0 aliphatic heterocycles. The molecule has 11 aromatic rings. The zero-order valence-corrected chi connectivity index (χ0v) is 39.1. The molecule has 0 unspecified atom stereocenters. The van der Waals surface area contributed by atoms with Crippen LogP contribution in [-0.2, 0) is 0 Å². The lowest BCUT2D eigenvalue weighted by Crippen LogP contribution is -2.13. The number of furan rings is 2. The van der Waals surface area contributed by atoms with E-state index < -0.39 is 0 Å². The van der Waals surface area contributed by atoms with Gasteiger partial charge in [-0.3, -0.25) is 0 Å². The molecule has 0 aliphatic rings. The van der Waals surface area contributed by atoms with Crippen LogP contribution in [0.4, 0.5) is 34.1 Å². The minimum atomic E-state index is 0.189. The van der Waals surface area contributed by atoms with Gasteiger partial charge >= 0.3 is 0 Å². The average molecular weight is 847 g/mol. The van der Waals surface area contributed by atoms with Crippen LogP contribution >= 0.6 is 0 Å². The molecule has 0 radical (unpaired) electrons. The van der Waals surface area contributed by atoms with Crippen LogP contribution in [0.5, 0.6) is 0 Å². The third-order valence-corrected chi connectivity index (χ3v) is 14.5. The van der Waals surface area contributed by atoms with Crippen LogP contribution in [0.2, 0.25) is 0 Å². The van der Waals surface area contributed by atoms with E-state index in [0.717, 1.165) is 66.0 Å². The fraction of sp³-hybridized carbons (Fsp3) is 0.180. The number of anilines is 6. The molecule has 65 heavy (non-hydrogen) atoms. The highest BCUT2D eigenvalue weighted by atomic mass is 16.3. The Balaban J connectivity index is 1.06. The number of nitrogens with zero attached hydrogens (tertiary/aromatic N) is 2. The standard InChI is InChI=1S/C61H54N2O2/c1-34(2)59-60-51-30-44-24-26-48(63(54-21-13-17-37(5)41(54)9)55-22-14-18-38(6)42(55)10)28-46(44)32-57(51)64-58(60)33-50-49-29-43-23-25-47(27-45(43)31-56(49)65-61(50)59)62(52-19-11-15-35(3)39(52)7)53-20-12-16-36(4)40(53)8/h11-34H,1-10H3. The second kappa shape index (κ2) is 15.2. The Labute approximate surface area is 381 Å². The van der Waals surface area contributed by atoms with Gasteiger partial charge in [0, 0.05) is 61.2 Å². The van der Waals surface area contributed by atoms with Crippen molar-refractivity contribution >= 4 is 99.5 Å². The van der Waals surface area contributed by atoms with Gasteiger partial charge in [0.15, 0.2) is 0 Å². The summed E-state index contributed by atoms with van der Waals surface area (Å²) in [6, 6.07) is 51.3. The molecule has 0 atom stereocenters. The molecule has 2 aromatic heterocycles. The molecule has 0 N–H and O–H groups in total. The third kappa shape index (κ3) is 6.41. The van der Waals surface area contributed by atoms with Crippen molar-refractivity contribution in [1.82, 2.24) is 0 Å². The van der Waals surface area contributed by atoms with Gasteiger partial charge in [-0.05, 0) is 206 Å². The van der Waals surface area contributed by atoms with Gasteiger partial charge in [-0.25, -0.2) is 0 Å². The zero-order valence-electron chi connectivity index (χ0n) is 39.1. The van der Waals surface area contributed by atoms with Crippen LogP contribution in [0.15, 0.2) is 148 Å². The quantitative estimate of drug-likeness (QED) is 0.160. The fourth-order valence-electron chi connectivity index (χ4n) is 10.2. The molecule has 320 valence electrons. The molecular weight excluding hydrogens is 793 g/mol. The Kier molecular flexibility index (Phi) is 9.44. The summed E-state index contributed by atoms with van der Waals surface area (Å²) in [5.74, 6) is 0.189. The smallest absolute Gasteiger partial charge is 0.139 e. The third-order valence-electron chi connectivity index (χ3n) is 14.5. The monoisotopic (exact) mass is 846 g/mol. The fourth-order valence-corrected chi connectivity index (χ4v) is 10.2. The Morgan fingerprint density at radius 1 is 0.369 bits per heavy atom. The Morgan fingerprint density at radius 2 is 0.785 bits per heavy atom. The predicted octanol–water partition coefficient (Wildman–Crippen LogP) is 18.3. The van der Waals surface area contributed by atoms with Crippen LogP contribution in [0, 0.1) is 55.4 Å². The summed E-state index contributed by atoms with van der Waals surface area (Å²) in [6.07, 6.45) is 0. The minimum absolute atomic E-state index is 0.189. The van der Waals surface area contributed by atoms with Crippen LogP contribution in [0.3, 0.4) is 0 Å². The zero-order chi connectivity index (χ0) is 45.0. The molecule has 0 spiro atoms. The number of hydrogen-bond donors (Lipinski definition) is 0. The molecule has 0 fully saturated rings. The summed E-state index contributed by atoms with van der Waals surface area (Å²) < 4.78 is 13.9. The first-order valence-electron chi connectivity index (χ1n) is 22.9. The number of fused-ring (bicyclic) bond motifs is 8. The van der Waals surface area contributed by atoms with E-state index in [9.17, 15) is 0 Å². The van der Waals surface area contributed by atoms with E-state index in [1.165, 1.54) is 83.6 Å². The molecule has 0 saturated heterocycles. The van der Waals surface area contributed by atoms with Crippen LogP contribution in [0.25, 0.3) is 65.4 Å². The van der Waals surface area contributed by atoms with Gasteiger partial charge < -0.3 is 18.6 Å². The van der Waals surface area contributed by atoms with E-state index in [0.29, 0.717) is 0 Å². The van der Waals surface area contributed by atoms with Crippen LogP contribution < -0.4 is 9.80 Å². The summed E-state index contributed by atoms with van der Waals surface area (Å²) in [5.41, 5.74) is 21.9. The van der Waals surface area contributed by atoms with E-state index in [1.54, 1.807) is 0 Å². The predicted molar refractivity (Wildman–Crippen MR) is 277 cm³/mol. The van der Waals surface area contributed by atoms with Crippen LogP contribution in [-0.4, -0.2) is 0 Å². The lowest BCUT2D eigenvalue weighted by atomic mass is 9.93. The van der Waals surface area contributed by atoms with Crippen molar-refractivity contribution in [3.8, 4) is 0 Å². The normalized spacial score (nSPS) is 12.0. The van der Waals surface area contributed by atoms with Gasteiger partial charge in [-0.15, -0.1) is 0 Å². The van der Waals surface area contributed by atoms with Gasteiger partial charge in [0.25, 0.3) is 0 Å². The summed E-state index contributed by atoms with van der Waals surface area (Å²) in [6.45, 7) is 22.2. The topological polar surface area (TPSA) is 32.8 Å². The molecule has 0 aliphatic carbocycles. The molecule has 11 rings (SSSR count). The van der Waals surface area contributed by atoms with Gasteiger partial charge in [0.1, 0.15) is 22.3 Å². The van der Waals surface area contributed by atoms with E-state index in [2.05, 4.69) is 219 Å². The second-order valence-corrected chi connectivity index (χ2v) is 18.7. The molecule has 0 saturated carbocycles. The second-order valence-electron chi connectivity index (χ2n) is 18.7. The highest BCUT2D eigenvalue weighted by molar-refractivity contribution is 6.20. The first kappa shape index (κ1) is 40.5. The van der Waals surface area contributed by atoms with Gasteiger partial charge in [0.05, 0.1) is 0 Å². The lowest BCUT2D eigenvalue weighted by molar-refractivity contribution is 0.655. The van der Waals surface area contributed by atoms with Crippen molar-refractivity contribution in [1.29, 1.82) is 0 Å². The average Bonchev–Trinajstić information content (AvgIpc) is 3.83. The number of benzene rings is 9. The Bertz CT molecular complexity index is 3520. The molecule has 9 aromatic carbocycles. The maximum Gasteiger partial charge on any atom is 0.139 e. The van der Waals surface area contributed by atoms with Gasteiger partial charge in [0.2, 0.25) is 0 Å². The summed E-state index contributed by atoms with van der Waals surface area (Å²) in [7, 11) is 0. The first-order chi connectivity index (χ1) is 31.4. The highest BCUT2D eigenvalue weighted by Crippen LogP contribution is 2.47. The molecule has 4 nitrogen and oxygen atoms in total. The molecular formula is C61H54N2O2. The Morgan fingerprint density at radius 3 is 1.22 bits per heavy atom. The van der Waals surface area contributed by atoms with E-state index in [-0.39, 0.29) is 5.92 Å². The lowest BCUT2D eigenvalue weighted by Gasteiger charge is -2.30. The van der Waals surface area contributed by atoms with Gasteiger partial charge in [-0.2, -0.15) is 0 Å². The molecule has 4 heteroatoms. The maximum atomic E-state index is 7.01. The van der Waals surface area contributed by atoms with Crippen molar-refractivity contribution in [2.75, 3.05) is 9.80 Å². The number of rotatable bonds is 7. The summed E-state index contributed by atoms with van der Waals surface area (Å²) in [5, 5.41) is 9.02. The summed E-state index contributed by atoms with van der Waals surface area (Å²) in [4.78, 5) is 4.83. The van der Waals surface area contributed by atoms with Gasteiger partial charge in [-0.1, -0.05) is 74.5 Å². The van der Waals surface area contributed by atoms with Crippen LogP contribution in [0.1, 0.15) is 69.8 Å². The van der Waals surface area contributed by atoms with Crippen molar-refractivity contribution in [3.05, 3.63) is 190 Å². The minimum Gasteiger partial charge on any atom is -0.456 e. The molecule has 2 heterocycles. The summed E-state index contributed by atoms with van der Waals surface area (Å²) >= 11 is 0. The Hall–Kier alpha value is -7.30. The van der Waals surface area contributed by atoms with Crippen molar-refractivity contribution in [2.24, 2.45) is 0 Å². The largest absolute Gasteiger partial charge is 0.456 e. The highest BCUT2D eigenvalue weighted by Gasteiger charge is 2.25. The van der Waals surface area contributed by atoms with E-state index >= 15 is 0 Å². The SMILES string of the molecule is Cc1cccc(N(c2ccc3cc4c(cc3c2)oc2c(C(C)C)c3c(cc24)oc2cc4cc(N(c5cccc(C)c5C)c5cccc(C)c5C)ccc4cc23)c2cccc(C)c2C)c1C. The molecule has 0 amide bonds. The number of hydrogen-bond acceptors (Lipinski definition) is 4. The van der Waals surface area contributed by atoms with Crippen molar-refractivity contribution in [2.45, 2.75) is 75.2 Å². The van der Waals surface area contributed by atoms with E-state index in [1.807, 2.05) is 0 Å². The van der Waals surface area contributed by atoms with Crippen molar-refractivity contribution in [3.63, 3.8) is 0 Å². The maximum absolute atomic E-state index is 7.01. The molecule has 0 bridgehead atoms. The number of aryl methyl sites for hydroxylation is 4. The first-order valence-corrected chi connectivity index (χ1v) is 22.9.